The number of aliphatic carboxylic acids is 1. The molecule has 1 heterocycles. The zero-order valence-corrected chi connectivity index (χ0v) is 18.3. The molecule has 32 heavy (non-hydrogen) atoms. The molecular weight excluding hydrogens is 407 g/mol. The van der Waals surface area contributed by atoms with Crippen molar-refractivity contribution in [3.63, 3.8) is 0 Å². The Morgan fingerprint density at radius 3 is 2.69 bits per heavy atom. The summed E-state index contributed by atoms with van der Waals surface area (Å²) in [7, 11) is 0. The first-order chi connectivity index (χ1) is 15.6. The number of hydrogen-bond donors (Lipinski definition) is 1. The smallest absolute Gasteiger partial charge is 0.303 e. The third kappa shape index (κ3) is 5.11. The van der Waals surface area contributed by atoms with E-state index in [0.29, 0.717) is 32.2 Å². The number of hydrogen-bond acceptors (Lipinski definition) is 3. The van der Waals surface area contributed by atoms with E-state index in [1.54, 1.807) is 0 Å². The first kappa shape index (κ1) is 22.7. The van der Waals surface area contributed by atoms with Crippen molar-refractivity contribution in [1.82, 2.24) is 0 Å². The van der Waals surface area contributed by atoms with Crippen LogP contribution in [0.4, 0.5) is 4.39 Å². The maximum atomic E-state index is 13.6. The number of halogens is 1. The van der Waals surface area contributed by atoms with Crippen LogP contribution in [0.2, 0.25) is 0 Å². The fourth-order valence-corrected chi connectivity index (χ4v) is 5.37. The van der Waals surface area contributed by atoms with Gasteiger partial charge in [0, 0.05) is 17.8 Å². The van der Waals surface area contributed by atoms with E-state index in [1.165, 1.54) is 12.1 Å². The second kappa shape index (κ2) is 10.4. The van der Waals surface area contributed by atoms with Crippen LogP contribution in [-0.4, -0.2) is 30.4 Å². The molecule has 1 N–H and O–H groups in total. The number of rotatable bonds is 11. The monoisotopic (exact) mass is 438 g/mol. The van der Waals surface area contributed by atoms with E-state index in [2.05, 4.69) is 24.3 Å². The van der Waals surface area contributed by atoms with Crippen molar-refractivity contribution in [2.75, 3.05) is 13.2 Å². The van der Waals surface area contributed by atoms with Gasteiger partial charge in [-0.05, 0) is 54.9 Å². The standard InChI is InChI=1S/C27H31FO4/c28-22-14-12-21(13-15-22)27-16-25(32-19-27)23(18-31-17-20-8-4-3-5-9-20)24(27)10-6-1-2-7-11-26(29)30/h1,3-6,8-9,12-15,23-25H,2,7,10-11,16-19H2,(H,29,30)/b6-1-/t23-,24-,25-,27-/m0/s1. The Kier molecular flexibility index (Phi) is 7.38. The van der Waals surface area contributed by atoms with Gasteiger partial charge < -0.3 is 14.6 Å². The summed E-state index contributed by atoms with van der Waals surface area (Å²) >= 11 is 0. The van der Waals surface area contributed by atoms with Gasteiger partial charge in [0.2, 0.25) is 0 Å². The van der Waals surface area contributed by atoms with Crippen molar-refractivity contribution < 1.29 is 23.8 Å². The van der Waals surface area contributed by atoms with Gasteiger partial charge in [0.15, 0.2) is 0 Å². The van der Waals surface area contributed by atoms with E-state index in [0.717, 1.165) is 30.4 Å². The Hall–Kier alpha value is -2.50. The molecule has 1 aliphatic carbocycles. The summed E-state index contributed by atoms with van der Waals surface area (Å²) in [6.07, 6.45) is 7.82. The Balaban J connectivity index is 1.46. The van der Waals surface area contributed by atoms with Crippen LogP contribution in [0.25, 0.3) is 0 Å². The SMILES string of the molecule is O=C(O)CCC/C=C\C[C@H]1[C@H](COCc2ccccc2)[C@@H]2C[C@@]1(c1ccc(F)cc1)CO2. The van der Waals surface area contributed by atoms with Gasteiger partial charge in [-0.3, -0.25) is 4.79 Å². The number of allylic oxidation sites excluding steroid dienone is 2. The van der Waals surface area contributed by atoms with E-state index in [-0.39, 0.29) is 29.7 Å². The Morgan fingerprint density at radius 1 is 1.16 bits per heavy atom. The predicted molar refractivity (Wildman–Crippen MR) is 121 cm³/mol. The molecule has 0 aromatic heterocycles. The summed E-state index contributed by atoms with van der Waals surface area (Å²) < 4.78 is 25.9. The number of ether oxygens (including phenoxy) is 2. The van der Waals surface area contributed by atoms with Gasteiger partial charge in [-0.2, -0.15) is 0 Å². The molecule has 2 aromatic rings. The lowest BCUT2D eigenvalue weighted by molar-refractivity contribution is -0.137. The molecule has 0 amide bonds. The second-order valence-electron chi connectivity index (χ2n) is 8.98. The first-order valence-electron chi connectivity index (χ1n) is 11.4. The minimum absolute atomic E-state index is 0.134. The van der Waals surface area contributed by atoms with Crippen molar-refractivity contribution >= 4 is 5.97 Å². The third-order valence-corrected chi connectivity index (χ3v) is 6.98. The zero-order valence-electron chi connectivity index (χ0n) is 18.3. The van der Waals surface area contributed by atoms with Crippen LogP contribution in [0.15, 0.2) is 66.7 Å². The summed E-state index contributed by atoms with van der Waals surface area (Å²) in [5.74, 6) is -0.384. The van der Waals surface area contributed by atoms with E-state index in [4.69, 9.17) is 14.6 Å². The van der Waals surface area contributed by atoms with Crippen LogP contribution >= 0.6 is 0 Å². The molecule has 0 radical (unpaired) electrons. The Labute approximate surface area is 189 Å². The normalized spacial score (nSPS) is 26.7. The number of fused-ring (bicyclic) bond motifs is 2. The molecule has 2 bridgehead atoms. The van der Waals surface area contributed by atoms with Crippen LogP contribution in [0.1, 0.15) is 43.2 Å². The molecule has 1 aliphatic heterocycles. The highest BCUT2D eigenvalue weighted by Crippen LogP contribution is 2.56. The van der Waals surface area contributed by atoms with Gasteiger partial charge in [-0.15, -0.1) is 0 Å². The molecule has 0 unspecified atom stereocenters. The number of carboxylic acid groups (broad SMARTS) is 1. The highest BCUT2D eigenvalue weighted by atomic mass is 19.1. The average molecular weight is 439 g/mol. The lowest BCUT2D eigenvalue weighted by Crippen LogP contribution is -2.41. The maximum Gasteiger partial charge on any atom is 0.303 e. The second-order valence-corrected chi connectivity index (χ2v) is 8.98. The van der Waals surface area contributed by atoms with Gasteiger partial charge in [-0.1, -0.05) is 54.6 Å². The highest BCUT2D eigenvalue weighted by Gasteiger charge is 2.59. The third-order valence-electron chi connectivity index (χ3n) is 6.98. The average Bonchev–Trinajstić information content (AvgIpc) is 3.35. The molecule has 1 saturated carbocycles. The van der Waals surface area contributed by atoms with Crippen molar-refractivity contribution in [3.05, 3.63) is 83.7 Å². The summed E-state index contributed by atoms with van der Waals surface area (Å²) in [5.41, 5.74) is 2.15. The maximum absolute atomic E-state index is 13.6. The van der Waals surface area contributed by atoms with Crippen LogP contribution in [0.3, 0.4) is 0 Å². The van der Waals surface area contributed by atoms with Crippen molar-refractivity contribution in [1.29, 1.82) is 0 Å². The van der Waals surface area contributed by atoms with E-state index in [1.807, 2.05) is 30.3 Å². The Bertz CT molecular complexity index is 911. The fourth-order valence-electron chi connectivity index (χ4n) is 5.37. The molecule has 5 heteroatoms. The molecular formula is C27H31FO4. The molecule has 2 fully saturated rings. The van der Waals surface area contributed by atoms with Crippen LogP contribution < -0.4 is 0 Å². The van der Waals surface area contributed by atoms with Gasteiger partial charge in [0.05, 0.1) is 25.9 Å². The van der Waals surface area contributed by atoms with E-state index < -0.39 is 5.97 Å². The molecule has 4 nitrogen and oxygen atoms in total. The van der Waals surface area contributed by atoms with Gasteiger partial charge in [-0.25, -0.2) is 4.39 Å². The first-order valence-corrected chi connectivity index (χ1v) is 11.4. The zero-order chi connectivity index (χ0) is 22.4. The number of unbranched alkanes of at least 4 members (excludes halogenated alkanes) is 1. The molecule has 4 atom stereocenters. The number of benzene rings is 2. The number of carboxylic acids is 1. The van der Waals surface area contributed by atoms with E-state index >= 15 is 0 Å². The molecule has 2 aliphatic rings. The summed E-state index contributed by atoms with van der Waals surface area (Å²) in [5, 5.41) is 8.81. The van der Waals surface area contributed by atoms with Crippen molar-refractivity contribution in [2.45, 2.75) is 50.2 Å². The lowest BCUT2D eigenvalue weighted by Gasteiger charge is -2.39. The summed E-state index contributed by atoms with van der Waals surface area (Å²) in [6, 6.07) is 17.0. The van der Waals surface area contributed by atoms with Gasteiger partial charge in [0.1, 0.15) is 5.82 Å². The van der Waals surface area contributed by atoms with Crippen LogP contribution in [-0.2, 0) is 26.3 Å². The molecule has 2 aromatic carbocycles. The quantitative estimate of drug-likeness (QED) is 0.371. The summed E-state index contributed by atoms with van der Waals surface area (Å²) in [4.78, 5) is 10.7. The highest BCUT2D eigenvalue weighted by molar-refractivity contribution is 5.66. The fraction of sp³-hybridized carbons (Fsp3) is 0.444. The van der Waals surface area contributed by atoms with Crippen molar-refractivity contribution in [2.24, 2.45) is 11.8 Å². The molecule has 4 rings (SSSR count). The van der Waals surface area contributed by atoms with Gasteiger partial charge in [0.25, 0.3) is 0 Å². The van der Waals surface area contributed by atoms with Crippen molar-refractivity contribution in [3.8, 4) is 0 Å². The molecule has 170 valence electrons. The molecule has 0 spiro atoms. The van der Waals surface area contributed by atoms with Crippen LogP contribution in [0.5, 0.6) is 0 Å². The number of carbonyl (C=O) groups is 1. The largest absolute Gasteiger partial charge is 0.481 e. The van der Waals surface area contributed by atoms with Crippen LogP contribution in [0, 0.1) is 17.7 Å². The molecule has 1 saturated heterocycles. The summed E-state index contributed by atoms with van der Waals surface area (Å²) in [6.45, 7) is 1.85. The Morgan fingerprint density at radius 2 is 1.94 bits per heavy atom. The minimum Gasteiger partial charge on any atom is -0.481 e. The predicted octanol–water partition coefficient (Wildman–Crippen LogP) is 5.52. The van der Waals surface area contributed by atoms with E-state index in [9.17, 15) is 9.18 Å². The topological polar surface area (TPSA) is 55.8 Å². The minimum atomic E-state index is -0.755. The lowest BCUT2D eigenvalue weighted by atomic mass is 9.69. The van der Waals surface area contributed by atoms with Gasteiger partial charge >= 0.3 is 5.97 Å².